The summed E-state index contributed by atoms with van der Waals surface area (Å²) in [6, 6.07) is 7.86. The molecule has 2 rings (SSSR count). The summed E-state index contributed by atoms with van der Waals surface area (Å²) in [5.41, 5.74) is 1.04. The number of urea groups is 1. The Hall–Kier alpha value is -1.33. The molecular formula is C14H18BrN3O. The van der Waals surface area contributed by atoms with Crippen molar-refractivity contribution in [3.63, 3.8) is 0 Å². The molecule has 19 heavy (non-hydrogen) atoms. The van der Waals surface area contributed by atoms with Crippen molar-refractivity contribution in [2.45, 2.75) is 0 Å². The molecule has 0 saturated carbocycles. The van der Waals surface area contributed by atoms with E-state index in [1.165, 1.54) is 0 Å². The SMILES string of the molecule is CN1CCN(C(=O)N/C=C/c2ccccc2Br)CC1. The topological polar surface area (TPSA) is 35.6 Å². The molecule has 5 heteroatoms. The molecule has 102 valence electrons. The van der Waals surface area contributed by atoms with E-state index in [1.54, 1.807) is 6.20 Å². The number of piperazine rings is 1. The van der Waals surface area contributed by atoms with Crippen LogP contribution in [-0.2, 0) is 0 Å². The number of amides is 2. The van der Waals surface area contributed by atoms with Crippen LogP contribution >= 0.6 is 15.9 Å². The number of nitrogens with one attached hydrogen (secondary N) is 1. The highest BCUT2D eigenvalue weighted by molar-refractivity contribution is 9.10. The molecular weight excluding hydrogens is 306 g/mol. The Bertz CT molecular complexity index is 468. The number of rotatable bonds is 2. The fourth-order valence-electron chi connectivity index (χ4n) is 1.91. The lowest BCUT2D eigenvalue weighted by Crippen LogP contribution is -2.49. The van der Waals surface area contributed by atoms with Gasteiger partial charge in [-0.25, -0.2) is 4.79 Å². The van der Waals surface area contributed by atoms with Gasteiger partial charge >= 0.3 is 6.03 Å². The zero-order valence-electron chi connectivity index (χ0n) is 11.0. The molecule has 0 spiro atoms. The van der Waals surface area contributed by atoms with Gasteiger partial charge in [0, 0.05) is 36.9 Å². The molecule has 1 N–H and O–H groups in total. The summed E-state index contributed by atoms with van der Waals surface area (Å²) in [6.45, 7) is 3.43. The lowest BCUT2D eigenvalue weighted by molar-refractivity contribution is 0.157. The van der Waals surface area contributed by atoms with Gasteiger partial charge in [-0.15, -0.1) is 0 Å². The molecule has 0 radical (unpaired) electrons. The van der Waals surface area contributed by atoms with Gasteiger partial charge in [0.15, 0.2) is 0 Å². The second-order valence-electron chi connectivity index (χ2n) is 4.59. The van der Waals surface area contributed by atoms with Crippen LogP contribution in [0.15, 0.2) is 34.9 Å². The zero-order valence-corrected chi connectivity index (χ0v) is 12.6. The van der Waals surface area contributed by atoms with Gasteiger partial charge in [-0.1, -0.05) is 34.1 Å². The van der Waals surface area contributed by atoms with Gasteiger partial charge in [-0.05, 0) is 24.8 Å². The molecule has 0 aliphatic carbocycles. The lowest BCUT2D eigenvalue weighted by atomic mass is 10.2. The van der Waals surface area contributed by atoms with Crippen LogP contribution in [0.4, 0.5) is 4.79 Å². The molecule has 1 saturated heterocycles. The first-order valence-electron chi connectivity index (χ1n) is 6.32. The number of halogens is 1. The number of carbonyl (C=O) groups is 1. The number of nitrogens with zero attached hydrogens (tertiary/aromatic N) is 2. The Morgan fingerprint density at radius 2 is 1.95 bits per heavy atom. The summed E-state index contributed by atoms with van der Waals surface area (Å²) in [5.74, 6) is 0. The third-order valence-electron chi connectivity index (χ3n) is 3.17. The van der Waals surface area contributed by atoms with Crippen LogP contribution in [0.1, 0.15) is 5.56 Å². The maximum atomic E-state index is 11.9. The first kappa shape index (κ1) is 14.1. The van der Waals surface area contributed by atoms with Crippen molar-refractivity contribution in [3.05, 3.63) is 40.5 Å². The van der Waals surface area contributed by atoms with Crippen LogP contribution in [0.3, 0.4) is 0 Å². The molecule has 0 bridgehead atoms. The quantitative estimate of drug-likeness (QED) is 0.907. The van der Waals surface area contributed by atoms with E-state index >= 15 is 0 Å². The summed E-state index contributed by atoms with van der Waals surface area (Å²) in [4.78, 5) is 16.0. The fourth-order valence-corrected chi connectivity index (χ4v) is 2.33. The van der Waals surface area contributed by atoms with Crippen LogP contribution < -0.4 is 5.32 Å². The van der Waals surface area contributed by atoms with Crippen LogP contribution in [0.5, 0.6) is 0 Å². The summed E-state index contributed by atoms with van der Waals surface area (Å²) in [5, 5.41) is 2.81. The van der Waals surface area contributed by atoms with Crippen molar-refractivity contribution in [1.82, 2.24) is 15.1 Å². The summed E-state index contributed by atoms with van der Waals surface area (Å²) >= 11 is 3.47. The highest BCUT2D eigenvalue weighted by atomic mass is 79.9. The molecule has 0 aromatic heterocycles. The zero-order chi connectivity index (χ0) is 13.7. The molecule has 1 aromatic carbocycles. The maximum absolute atomic E-state index is 11.9. The van der Waals surface area contributed by atoms with Gasteiger partial charge in [0.2, 0.25) is 0 Å². The maximum Gasteiger partial charge on any atom is 0.321 e. The van der Waals surface area contributed by atoms with E-state index in [1.807, 2.05) is 35.2 Å². The van der Waals surface area contributed by atoms with E-state index in [0.717, 1.165) is 36.2 Å². The fraction of sp³-hybridized carbons (Fsp3) is 0.357. The number of likely N-dealkylation sites (N-methyl/N-ethyl adjacent to an activating group) is 1. The minimum absolute atomic E-state index is 0.0311. The van der Waals surface area contributed by atoms with E-state index in [4.69, 9.17) is 0 Å². The minimum atomic E-state index is -0.0311. The first-order valence-corrected chi connectivity index (χ1v) is 7.11. The lowest BCUT2D eigenvalue weighted by Gasteiger charge is -2.31. The van der Waals surface area contributed by atoms with Crippen molar-refractivity contribution in [2.24, 2.45) is 0 Å². The Labute approximate surface area is 122 Å². The molecule has 0 unspecified atom stereocenters. The van der Waals surface area contributed by atoms with Gasteiger partial charge in [-0.2, -0.15) is 0 Å². The molecule has 0 atom stereocenters. The molecule has 2 amide bonds. The second kappa shape index (κ2) is 6.73. The van der Waals surface area contributed by atoms with Crippen LogP contribution in [0.2, 0.25) is 0 Å². The average molecular weight is 324 g/mol. The normalized spacial score (nSPS) is 16.8. The third kappa shape index (κ3) is 4.08. The van der Waals surface area contributed by atoms with E-state index in [2.05, 4.69) is 33.2 Å². The van der Waals surface area contributed by atoms with Gasteiger partial charge in [0.25, 0.3) is 0 Å². The summed E-state index contributed by atoms with van der Waals surface area (Å²) in [6.07, 6.45) is 3.58. The highest BCUT2D eigenvalue weighted by Gasteiger charge is 2.17. The van der Waals surface area contributed by atoms with E-state index in [0.29, 0.717) is 0 Å². The first-order chi connectivity index (χ1) is 9.16. The van der Waals surface area contributed by atoms with Crippen molar-refractivity contribution >= 4 is 28.0 Å². The molecule has 4 nitrogen and oxygen atoms in total. The second-order valence-corrected chi connectivity index (χ2v) is 5.45. The smallest absolute Gasteiger partial charge is 0.321 e. The molecule has 1 fully saturated rings. The van der Waals surface area contributed by atoms with E-state index in [-0.39, 0.29) is 6.03 Å². The van der Waals surface area contributed by atoms with Crippen molar-refractivity contribution in [2.75, 3.05) is 33.2 Å². The predicted octanol–water partition coefficient (Wildman–Crippen LogP) is 2.38. The van der Waals surface area contributed by atoms with Gasteiger partial charge in [0.05, 0.1) is 0 Å². The summed E-state index contributed by atoms with van der Waals surface area (Å²) < 4.78 is 1.01. The van der Waals surface area contributed by atoms with Crippen LogP contribution in [0.25, 0.3) is 6.08 Å². The Morgan fingerprint density at radius 3 is 2.63 bits per heavy atom. The largest absolute Gasteiger partial charge is 0.322 e. The number of hydrogen-bond donors (Lipinski definition) is 1. The number of hydrogen-bond acceptors (Lipinski definition) is 2. The Morgan fingerprint density at radius 1 is 1.26 bits per heavy atom. The predicted molar refractivity (Wildman–Crippen MR) is 80.8 cm³/mol. The summed E-state index contributed by atoms with van der Waals surface area (Å²) in [7, 11) is 2.07. The Balaban J connectivity index is 1.85. The average Bonchev–Trinajstić information content (AvgIpc) is 2.41. The van der Waals surface area contributed by atoms with Gasteiger partial charge < -0.3 is 15.1 Å². The number of benzene rings is 1. The van der Waals surface area contributed by atoms with Gasteiger partial charge in [0.1, 0.15) is 0 Å². The van der Waals surface area contributed by atoms with E-state index in [9.17, 15) is 4.79 Å². The third-order valence-corrected chi connectivity index (χ3v) is 3.89. The molecule has 1 aromatic rings. The van der Waals surface area contributed by atoms with Crippen LogP contribution in [0, 0.1) is 0 Å². The van der Waals surface area contributed by atoms with Crippen molar-refractivity contribution in [1.29, 1.82) is 0 Å². The molecule has 1 heterocycles. The number of carbonyl (C=O) groups excluding carboxylic acids is 1. The standard InChI is InChI=1S/C14H18BrN3O/c1-17-8-10-18(11-9-17)14(19)16-7-6-12-4-2-3-5-13(12)15/h2-7H,8-11H2,1H3,(H,16,19)/b7-6+. The highest BCUT2D eigenvalue weighted by Crippen LogP contribution is 2.16. The molecule has 1 aliphatic rings. The monoisotopic (exact) mass is 323 g/mol. The van der Waals surface area contributed by atoms with E-state index < -0.39 is 0 Å². The Kier molecular flexibility index (Phi) is 4.99. The van der Waals surface area contributed by atoms with Gasteiger partial charge in [-0.3, -0.25) is 0 Å². The van der Waals surface area contributed by atoms with Crippen molar-refractivity contribution < 1.29 is 4.79 Å². The minimum Gasteiger partial charge on any atom is -0.322 e. The van der Waals surface area contributed by atoms with Crippen molar-refractivity contribution in [3.8, 4) is 0 Å². The molecule has 1 aliphatic heterocycles. The van der Waals surface area contributed by atoms with Crippen LogP contribution in [-0.4, -0.2) is 49.1 Å².